The standard InChI is InChI=1S/C23H22N2O3/c1-3-4-7-15-10-12-16(13-11-15)18-14-20(26)21-17-8-5-6-9-19(17)24(2)23(21)22(18)25(27)28/h5-6,8-14,26H,3-4,7H2,1-2H3. The first-order chi connectivity index (χ1) is 13.5. The van der Waals surface area contributed by atoms with Gasteiger partial charge in [-0.3, -0.25) is 10.1 Å². The molecule has 142 valence electrons. The van der Waals surface area contributed by atoms with E-state index in [9.17, 15) is 15.2 Å². The first kappa shape index (κ1) is 18.0. The van der Waals surface area contributed by atoms with Crippen LogP contribution in [0.1, 0.15) is 25.3 Å². The molecule has 0 aliphatic rings. The van der Waals surface area contributed by atoms with Crippen LogP contribution < -0.4 is 0 Å². The Hall–Kier alpha value is -3.34. The second-order valence-electron chi connectivity index (χ2n) is 7.15. The number of nitro groups is 1. The van der Waals surface area contributed by atoms with E-state index in [4.69, 9.17) is 0 Å². The van der Waals surface area contributed by atoms with Crippen LogP contribution in [0.25, 0.3) is 32.9 Å². The van der Waals surface area contributed by atoms with Gasteiger partial charge < -0.3 is 9.67 Å². The van der Waals surface area contributed by atoms with Crippen LogP contribution >= 0.6 is 0 Å². The number of hydrogen-bond acceptors (Lipinski definition) is 3. The predicted molar refractivity (Wildman–Crippen MR) is 113 cm³/mol. The Balaban J connectivity index is 1.99. The van der Waals surface area contributed by atoms with Crippen LogP contribution in [0, 0.1) is 10.1 Å². The Bertz CT molecular complexity index is 1190. The third kappa shape index (κ3) is 2.80. The van der Waals surface area contributed by atoms with E-state index in [1.807, 2.05) is 48.5 Å². The minimum atomic E-state index is -0.346. The topological polar surface area (TPSA) is 68.3 Å². The molecule has 0 bridgehead atoms. The molecule has 0 fully saturated rings. The Morgan fingerprint density at radius 3 is 2.50 bits per heavy atom. The Morgan fingerprint density at radius 2 is 1.82 bits per heavy atom. The van der Waals surface area contributed by atoms with E-state index in [1.165, 1.54) is 11.6 Å². The molecule has 0 aliphatic heterocycles. The second kappa shape index (κ2) is 7.00. The van der Waals surface area contributed by atoms with Crippen molar-refractivity contribution in [2.75, 3.05) is 0 Å². The summed E-state index contributed by atoms with van der Waals surface area (Å²) in [4.78, 5) is 11.7. The highest BCUT2D eigenvalue weighted by Crippen LogP contribution is 2.45. The molecular formula is C23H22N2O3. The van der Waals surface area contributed by atoms with Crippen molar-refractivity contribution in [1.29, 1.82) is 0 Å². The molecular weight excluding hydrogens is 352 g/mol. The third-order valence-corrected chi connectivity index (χ3v) is 5.39. The largest absolute Gasteiger partial charge is 0.507 e. The highest BCUT2D eigenvalue weighted by atomic mass is 16.6. The molecule has 1 heterocycles. The fourth-order valence-corrected chi connectivity index (χ4v) is 3.97. The van der Waals surface area contributed by atoms with Gasteiger partial charge in [0.25, 0.3) is 0 Å². The number of aromatic nitrogens is 1. The molecule has 5 heteroatoms. The van der Waals surface area contributed by atoms with Gasteiger partial charge in [0.15, 0.2) is 0 Å². The molecule has 4 rings (SSSR count). The zero-order valence-electron chi connectivity index (χ0n) is 16.0. The fraction of sp³-hybridized carbons (Fsp3) is 0.217. The third-order valence-electron chi connectivity index (χ3n) is 5.39. The van der Waals surface area contributed by atoms with E-state index >= 15 is 0 Å². The fourth-order valence-electron chi connectivity index (χ4n) is 3.97. The van der Waals surface area contributed by atoms with Gasteiger partial charge in [0.1, 0.15) is 11.3 Å². The lowest BCUT2D eigenvalue weighted by molar-refractivity contribution is -0.382. The molecule has 0 amide bonds. The molecule has 0 unspecified atom stereocenters. The van der Waals surface area contributed by atoms with Gasteiger partial charge in [0, 0.05) is 18.0 Å². The van der Waals surface area contributed by atoms with Gasteiger partial charge >= 0.3 is 5.69 Å². The molecule has 0 saturated heterocycles. The molecule has 4 aromatic rings. The average Bonchev–Trinajstić information content (AvgIpc) is 3.00. The first-order valence-electron chi connectivity index (χ1n) is 9.49. The van der Waals surface area contributed by atoms with E-state index < -0.39 is 0 Å². The number of unbranched alkanes of at least 4 members (excludes halogenated alkanes) is 1. The molecule has 0 aliphatic carbocycles. The van der Waals surface area contributed by atoms with E-state index in [2.05, 4.69) is 6.92 Å². The van der Waals surface area contributed by atoms with E-state index in [1.54, 1.807) is 11.6 Å². The highest BCUT2D eigenvalue weighted by molar-refractivity contribution is 6.16. The van der Waals surface area contributed by atoms with Crippen molar-refractivity contribution >= 4 is 27.5 Å². The molecule has 1 aromatic heterocycles. The number of aryl methyl sites for hydroxylation is 2. The van der Waals surface area contributed by atoms with Crippen molar-refractivity contribution in [3.05, 3.63) is 70.3 Å². The summed E-state index contributed by atoms with van der Waals surface area (Å²) in [5, 5.41) is 24.2. The molecule has 0 saturated carbocycles. The zero-order chi connectivity index (χ0) is 19.8. The predicted octanol–water partition coefficient (Wildman–Crippen LogP) is 5.95. The minimum Gasteiger partial charge on any atom is -0.507 e. The first-order valence-corrected chi connectivity index (χ1v) is 9.49. The number of fused-ring (bicyclic) bond motifs is 3. The monoisotopic (exact) mass is 374 g/mol. The molecule has 0 radical (unpaired) electrons. The second-order valence-corrected chi connectivity index (χ2v) is 7.15. The number of nitrogens with zero attached hydrogens (tertiary/aromatic N) is 2. The van der Waals surface area contributed by atoms with E-state index in [-0.39, 0.29) is 16.4 Å². The van der Waals surface area contributed by atoms with Gasteiger partial charge in [-0.2, -0.15) is 0 Å². The van der Waals surface area contributed by atoms with Gasteiger partial charge in [-0.25, -0.2) is 0 Å². The summed E-state index contributed by atoms with van der Waals surface area (Å²) < 4.78 is 1.79. The summed E-state index contributed by atoms with van der Waals surface area (Å²) >= 11 is 0. The summed E-state index contributed by atoms with van der Waals surface area (Å²) in [6.45, 7) is 2.15. The maximum Gasteiger partial charge on any atom is 0.301 e. The molecule has 0 spiro atoms. The number of hydrogen-bond donors (Lipinski definition) is 1. The van der Waals surface area contributed by atoms with Crippen molar-refractivity contribution < 1.29 is 10.0 Å². The van der Waals surface area contributed by atoms with Crippen LogP contribution in [0.4, 0.5) is 5.69 Å². The Kier molecular flexibility index (Phi) is 4.51. The summed E-state index contributed by atoms with van der Waals surface area (Å²) in [6.07, 6.45) is 3.23. The van der Waals surface area contributed by atoms with Crippen LogP contribution in [-0.2, 0) is 13.5 Å². The molecule has 1 N–H and O–H groups in total. The molecule has 3 aromatic carbocycles. The van der Waals surface area contributed by atoms with Gasteiger partial charge in [-0.15, -0.1) is 0 Å². The summed E-state index contributed by atoms with van der Waals surface area (Å²) in [5.41, 5.74) is 3.69. The number of para-hydroxylation sites is 1. The van der Waals surface area contributed by atoms with Crippen molar-refractivity contribution in [3.8, 4) is 16.9 Å². The van der Waals surface area contributed by atoms with Crippen LogP contribution in [-0.4, -0.2) is 14.6 Å². The van der Waals surface area contributed by atoms with Crippen molar-refractivity contribution in [3.63, 3.8) is 0 Å². The van der Waals surface area contributed by atoms with Crippen molar-refractivity contribution in [2.45, 2.75) is 26.2 Å². The zero-order valence-corrected chi connectivity index (χ0v) is 16.0. The van der Waals surface area contributed by atoms with E-state index in [0.717, 1.165) is 35.7 Å². The molecule has 28 heavy (non-hydrogen) atoms. The van der Waals surface area contributed by atoms with Crippen LogP contribution in [0.2, 0.25) is 0 Å². The van der Waals surface area contributed by atoms with Crippen molar-refractivity contribution in [1.82, 2.24) is 4.57 Å². The van der Waals surface area contributed by atoms with Gasteiger partial charge in [-0.05, 0) is 36.1 Å². The summed E-state index contributed by atoms with van der Waals surface area (Å²) in [6, 6.07) is 16.9. The van der Waals surface area contributed by atoms with Crippen molar-refractivity contribution in [2.24, 2.45) is 7.05 Å². The lowest BCUT2D eigenvalue weighted by Crippen LogP contribution is -1.98. The number of rotatable bonds is 5. The summed E-state index contributed by atoms with van der Waals surface area (Å²) in [7, 11) is 1.80. The van der Waals surface area contributed by atoms with Gasteiger partial charge in [-0.1, -0.05) is 55.8 Å². The minimum absolute atomic E-state index is 0.0211. The Morgan fingerprint density at radius 1 is 1.11 bits per heavy atom. The molecule has 5 nitrogen and oxygen atoms in total. The van der Waals surface area contributed by atoms with Crippen LogP contribution in [0.3, 0.4) is 0 Å². The van der Waals surface area contributed by atoms with Gasteiger partial charge in [0.2, 0.25) is 0 Å². The Labute approximate surface area is 163 Å². The SMILES string of the molecule is CCCCc1ccc(-c2cc(O)c3c4ccccc4n(C)c3c2[N+](=O)[O-])cc1. The summed E-state index contributed by atoms with van der Waals surface area (Å²) in [5.74, 6) is 0.0578. The number of aromatic hydroxyl groups is 1. The highest BCUT2D eigenvalue weighted by Gasteiger charge is 2.27. The maximum atomic E-state index is 12.1. The normalized spacial score (nSPS) is 11.4. The lowest BCUT2D eigenvalue weighted by atomic mass is 9.98. The molecule has 0 atom stereocenters. The van der Waals surface area contributed by atoms with Crippen LogP contribution in [0.5, 0.6) is 5.75 Å². The van der Waals surface area contributed by atoms with Gasteiger partial charge in [0.05, 0.1) is 15.9 Å². The van der Waals surface area contributed by atoms with Crippen LogP contribution in [0.15, 0.2) is 54.6 Å². The van der Waals surface area contributed by atoms with E-state index in [0.29, 0.717) is 16.5 Å². The quantitative estimate of drug-likeness (QED) is 0.346. The number of nitro benzene ring substituents is 1. The number of benzene rings is 3. The average molecular weight is 374 g/mol. The number of phenolic OH excluding ortho intramolecular Hbond substituents is 1. The number of phenols is 1. The maximum absolute atomic E-state index is 12.1. The lowest BCUT2D eigenvalue weighted by Gasteiger charge is -2.09. The smallest absolute Gasteiger partial charge is 0.301 e.